The maximum absolute atomic E-state index is 12.6. The maximum Gasteiger partial charge on any atom is 0.239 e. The molecule has 0 aromatic rings. The second-order valence-electron chi connectivity index (χ2n) is 7.79. The first-order valence-corrected chi connectivity index (χ1v) is 10.2. The van der Waals surface area contributed by atoms with Crippen LogP contribution in [0.25, 0.3) is 0 Å². The van der Waals surface area contributed by atoms with Crippen LogP contribution in [0.3, 0.4) is 0 Å². The van der Waals surface area contributed by atoms with Crippen molar-refractivity contribution in [1.82, 2.24) is 20.0 Å². The van der Waals surface area contributed by atoms with Crippen molar-refractivity contribution < 1.29 is 4.79 Å². The third-order valence-corrected chi connectivity index (χ3v) is 5.92. The van der Waals surface area contributed by atoms with Crippen LogP contribution < -0.4 is 5.32 Å². The van der Waals surface area contributed by atoms with Crippen LogP contribution in [0.15, 0.2) is 4.99 Å². The first-order chi connectivity index (χ1) is 12.2. The van der Waals surface area contributed by atoms with E-state index in [1.165, 1.54) is 25.7 Å². The molecule has 2 heterocycles. The van der Waals surface area contributed by atoms with Crippen molar-refractivity contribution in [2.24, 2.45) is 10.9 Å². The van der Waals surface area contributed by atoms with Crippen LogP contribution >= 0.6 is 24.0 Å². The van der Waals surface area contributed by atoms with Gasteiger partial charge in [-0.3, -0.25) is 14.7 Å². The Kier molecular flexibility index (Phi) is 8.93. The van der Waals surface area contributed by atoms with Crippen molar-refractivity contribution in [2.45, 2.75) is 51.5 Å². The molecule has 2 saturated heterocycles. The normalized spacial score (nSPS) is 22.9. The average Bonchev–Trinajstić information content (AvgIpc) is 3.31. The molecule has 7 heteroatoms. The molecule has 0 aromatic carbocycles. The van der Waals surface area contributed by atoms with Gasteiger partial charge in [-0.05, 0) is 38.5 Å². The van der Waals surface area contributed by atoms with Gasteiger partial charge >= 0.3 is 0 Å². The minimum Gasteiger partial charge on any atom is -0.356 e. The number of halogens is 1. The molecule has 6 nitrogen and oxygen atoms in total. The lowest BCUT2D eigenvalue weighted by Gasteiger charge is -2.39. The van der Waals surface area contributed by atoms with E-state index in [-0.39, 0.29) is 30.0 Å². The molecule has 0 radical (unpaired) electrons. The fraction of sp³-hybridized carbons (Fsp3) is 0.895. The SMILES string of the molecule is CN=C(NCCCC1CC1)N1CCN(C(C)C(=O)N2CCCC2)CC1.I. The van der Waals surface area contributed by atoms with Crippen LogP contribution in [0.1, 0.15) is 45.4 Å². The van der Waals surface area contributed by atoms with Gasteiger partial charge in [0.05, 0.1) is 6.04 Å². The van der Waals surface area contributed by atoms with Crippen molar-refractivity contribution in [1.29, 1.82) is 0 Å². The molecular formula is C19H36IN5O. The van der Waals surface area contributed by atoms with Crippen LogP contribution in [0.4, 0.5) is 0 Å². The van der Waals surface area contributed by atoms with Gasteiger partial charge in [0.25, 0.3) is 0 Å². The number of piperazine rings is 1. The number of aliphatic imine (C=N–C) groups is 1. The first-order valence-electron chi connectivity index (χ1n) is 10.2. The number of guanidine groups is 1. The van der Waals surface area contributed by atoms with Crippen molar-refractivity contribution in [3.63, 3.8) is 0 Å². The standard InChI is InChI=1S/C19H35N5O.HI/c1-16(18(25)23-10-3-4-11-23)22-12-14-24(15-13-22)19(20-2)21-9-5-6-17-7-8-17;/h16-17H,3-15H2,1-2H3,(H,20,21);1H. The number of nitrogens with one attached hydrogen (secondary N) is 1. The summed E-state index contributed by atoms with van der Waals surface area (Å²) in [6.07, 6.45) is 7.79. The van der Waals surface area contributed by atoms with Gasteiger partial charge < -0.3 is 15.1 Å². The monoisotopic (exact) mass is 477 g/mol. The Morgan fingerprint density at radius 2 is 1.73 bits per heavy atom. The first kappa shape index (κ1) is 21.7. The molecule has 26 heavy (non-hydrogen) atoms. The number of carbonyl (C=O) groups is 1. The van der Waals surface area contributed by atoms with E-state index in [1.54, 1.807) is 0 Å². The quantitative estimate of drug-likeness (QED) is 0.275. The predicted octanol–water partition coefficient (Wildman–Crippen LogP) is 2.00. The van der Waals surface area contributed by atoms with Gasteiger partial charge in [0.2, 0.25) is 5.91 Å². The molecule has 3 aliphatic rings. The van der Waals surface area contributed by atoms with Crippen molar-refractivity contribution >= 4 is 35.8 Å². The molecule has 0 spiro atoms. The fourth-order valence-corrected chi connectivity index (χ4v) is 4.01. The molecule has 2 aliphatic heterocycles. The molecule has 1 unspecified atom stereocenters. The highest BCUT2D eigenvalue weighted by Crippen LogP contribution is 2.33. The van der Waals surface area contributed by atoms with Gasteiger partial charge in [-0.1, -0.05) is 12.8 Å². The Balaban J connectivity index is 0.00000243. The molecule has 1 amide bonds. The Labute approximate surface area is 175 Å². The van der Waals surface area contributed by atoms with E-state index in [0.717, 1.165) is 70.5 Å². The summed E-state index contributed by atoms with van der Waals surface area (Å²) in [5, 5.41) is 3.52. The number of rotatable bonds is 6. The van der Waals surface area contributed by atoms with Crippen LogP contribution in [-0.2, 0) is 4.79 Å². The number of carbonyl (C=O) groups excluding carboxylic acids is 1. The molecule has 0 aromatic heterocycles. The summed E-state index contributed by atoms with van der Waals surface area (Å²) in [6.45, 7) is 8.74. The summed E-state index contributed by atoms with van der Waals surface area (Å²) in [4.78, 5) is 23.7. The molecule has 1 N–H and O–H groups in total. The van der Waals surface area contributed by atoms with Gasteiger partial charge in [-0.2, -0.15) is 0 Å². The highest BCUT2D eigenvalue weighted by atomic mass is 127. The van der Waals surface area contributed by atoms with E-state index < -0.39 is 0 Å². The summed E-state index contributed by atoms with van der Waals surface area (Å²) < 4.78 is 0. The lowest BCUT2D eigenvalue weighted by Crippen LogP contribution is -2.57. The molecule has 1 aliphatic carbocycles. The van der Waals surface area contributed by atoms with Crippen molar-refractivity contribution in [3.8, 4) is 0 Å². The van der Waals surface area contributed by atoms with Crippen LogP contribution in [-0.4, -0.2) is 85.5 Å². The maximum atomic E-state index is 12.6. The summed E-state index contributed by atoms with van der Waals surface area (Å²) >= 11 is 0. The highest BCUT2D eigenvalue weighted by molar-refractivity contribution is 14.0. The van der Waals surface area contributed by atoms with Gasteiger partial charge in [0, 0.05) is 52.9 Å². The predicted molar refractivity (Wildman–Crippen MR) is 117 cm³/mol. The van der Waals surface area contributed by atoms with Crippen LogP contribution in [0.2, 0.25) is 0 Å². The zero-order chi connectivity index (χ0) is 17.6. The van der Waals surface area contributed by atoms with Gasteiger partial charge in [0.1, 0.15) is 0 Å². The van der Waals surface area contributed by atoms with E-state index in [4.69, 9.17) is 0 Å². The van der Waals surface area contributed by atoms with E-state index in [9.17, 15) is 4.79 Å². The third kappa shape index (κ3) is 5.97. The Morgan fingerprint density at radius 3 is 2.31 bits per heavy atom. The minimum absolute atomic E-state index is 0. The molecule has 1 saturated carbocycles. The summed E-state index contributed by atoms with van der Waals surface area (Å²) in [5.41, 5.74) is 0. The molecular weight excluding hydrogens is 441 g/mol. The molecule has 0 bridgehead atoms. The lowest BCUT2D eigenvalue weighted by molar-refractivity contribution is -0.135. The fourth-order valence-electron chi connectivity index (χ4n) is 4.01. The van der Waals surface area contributed by atoms with Crippen molar-refractivity contribution in [2.75, 3.05) is 52.9 Å². The molecule has 3 fully saturated rings. The Hall–Kier alpha value is -0.570. The van der Waals surface area contributed by atoms with Gasteiger partial charge in [-0.25, -0.2) is 0 Å². The molecule has 1 atom stereocenters. The van der Waals surface area contributed by atoms with E-state index in [2.05, 4.69) is 27.0 Å². The zero-order valence-corrected chi connectivity index (χ0v) is 18.8. The second kappa shape index (κ2) is 10.7. The zero-order valence-electron chi connectivity index (χ0n) is 16.5. The smallest absolute Gasteiger partial charge is 0.239 e. The third-order valence-electron chi connectivity index (χ3n) is 5.92. The van der Waals surface area contributed by atoms with E-state index in [0.29, 0.717) is 5.91 Å². The Bertz CT molecular complexity index is 469. The van der Waals surface area contributed by atoms with Gasteiger partial charge in [0.15, 0.2) is 5.96 Å². The van der Waals surface area contributed by atoms with E-state index in [1.807, 2.05) is 11.9 Å². The number of nitrogens with zero attached hydrogens (tertiary/aromatic N) is 4. The summed E-state index contributed by atoms with van der Waals surface area (Å²) in [6, 6.07) is 0.00812. The number of likely N-dealkylation sites (tertiary alicyclic amines) is 1. The average molecular weight is 477 g/mol. The topological polar surface area (TPSA) is 51.2 Å². The summed E-state index contributed by atoms with van der Waals surface area (Å²) in [7, 11) is 1.87. The number of hydrogen-bond donors (Lipinski definition) is 1. The lowest BCUT2D eigenvalue weighted by atomic mass is 10.2. The minimum atomic E-state index is 0. The second-order valence-corrected chi connectivity index (χ2v) is 7.79. The highest BCUT2D eigenvalue weighted by Gasteiger charge is 2.30. The van der Waals surface area contributed by atoms with Crippen LogP contribution in [0, 0.1) is 5.92 Å². The number of hydrogen-bond acceptors (Lipinski definition) is 3. The van der Waals surface area contributed by atoms with E-state index >= 15 is 0 Å². The molecule has 3 rings (SSSR count). The largest absolute Gasteiger partial charge is 0.356 e. The number of amides is 1. The summed E-state index contributed by atoms with van der Waals surface area (Å²) in [5.74, 6) is 2.34. The van der Waals surface area contributed by atoms with Gasteiger partial charge in [-0.15, -0.1) is 24.0 Å². The Morgan fingerprint density at radius 1 is 1.08 bits per heavy atom. The van der Waals surface area contributed by atoms with Crippen LogP contribution in [0.5, 0.6) is 0 Å². The molecule has 150 valence electrons. The van der Waals surface area contributed by atoms with Crippen molar-refractivity contribution in [3.05, 3.63) is 0 Å².